The van der Waals surface area contributed by atoms with Crippen molar-refractivity contribution >= 4 is 16.9 Å². The van der Waals surface area contributed by atoms with Crippen molar-refractivity contribution in [2.75, 3.05) is 5.75 Å². The summed E-state index contributed by atoms with van der Waals surface area (Å²) in [6.45, 7) is 0. The largest absolute Gasteiger partial charge is 0.379 e. The summed E-state index contributed by atoms with van der Waals surface area (Å²) in [7, 11) is 0. The predicted molar refractivity (Wildman–Crippen MR) is 79.2 cm³/mol. The first-order valence-electron chi connectivity index (χ1n) is 7.04. The van der Waals surface area contributed by atoms with E-state index in [1.165, 1.54) is 37.7 Å². The van der Waals surface area contributed by atoms with Crippen LogP contribution in [0.2, 0.25) is 0 Å². The molecular formula is C14H20N4S. The van der Waals surface area contributed by atoms with E-state index < -0.39 is 0 Å². The first-order valence-corrected chi connectivity index (χ1v) is 8.02. The highest BCUT2D eigenvalue weighted by Gasteiger charge is 2.30. The minimum Gasteiger partial charge on any atom is -0.379 e. The van der Waals surface area contributed by atoms with Crippen LogP contribution in [0.3, 0.4) is 0 Å². The molecule has 0 saturated heterocycles. The third-order valence-electron chi connectivity index (χ3n) is 4.27. The molecule has 1 aromatic rings. The molecule has 1 aliphatic carbocycles. The van der Waals surface area contributed by atoms with E-state index in [1.807, 2.05) is 12.4 Å². The fourth-order valence-electron chi connectivity index (χ4n) is 3.29. The van der Waals surface area contributed by atoms with Gasteiger partial charge >= 0.3 is 0 Å². The molecule has 4 nitrogen and oxygen atoms in total. The molecular weight excluding hydrogens is 256 g/mol. The van der Waals surface area contributed by atoms with E-state index in [2.05, 4.69) is 15.0 Å². The van der Waals surface area contributed by atoms with E-state index in [-0.39, 0.29) is 0 Å². The number of hydrogen-bond acceptors (Lipinski definition) is 5. The molecule has 2 unspecified atom stereocenters. The van der Waals surface area contributed by atoms with Crippen molar-refractivity contribution in [2.24, 2.45) is 16.6 Å². The van der Waals surface area contributed by atoms with Gasteiger partial charge in [0.05, 0.1) is 6.04 Å². The van der Waals surface area contributed by atoms with Crippen molar-refractivity contribution in [3.05, 3.63) is 24.3 Å². The average molecular weight is 276 g/mol. The summed E-state index contributed by atoms with van der Waals surface area (Å²) >= 11 is 1.69. The Morgan fingerprint density at radius 2 is 2.00 bits per heavy atom. The minimum absolute atomic E-state index is 0.439. The topological polar surface area (TPSA) is 64.2 Å². The predicted octanol–water partition coefficient (Wildman–Crippen LogP) is 2.57. The molecule has 19 heavy (non-hydrogen) atoms. The number of hydrogen-bond donors (Lipinski definition) is 1. The van der Waals surface area contributed by atoms with Crippen molar-refractivity contribution in [1.82, 2.24) is 9.97 Å². The molecule has 0 aromatic carbocycles. The van der Waals surface area contributed by atoms with Gasteiger partial charge in [-0.3, -0.25) is 4.99 Å². The lowest BCUT2D eigenvalue weighted by molar-refractivity contribution is 0.274. The maximum atomic E-state index is 5.87. The maximum Gasteiger partial charge on any atom is 0.154 e. The lowest BCUT2D eigenvalue weighted by Gasteiger charge is -2.34. The summed E-state index contributed by atoms with van der Waals surface area (Å²) in [5.74, 6) is 2.40. The highest BCUT2D eigenvalue weighted by Crippen LogP contribution is 2.39. The second-order valence-electron chi connectivity index (χ2n) is 5.47. The monoisotopic (exact) mass is 276 g/mol. The van der Waals surface area contributed by atoms with Crippen LogP contribution < -0.4 is 5.73 Å². The van der Waals surface area contributed by atoms with Crippen LogP contribution in [0.15, 0.2) is 23.7 Å². The Morgan fingerprint density at radius 1 is 1.16 bits per heavy atom. The molecule has 5 heteroatoms. The summed E-state index contributed by atoms with van der Waals surface area (Å²) in [4.78, 5) is 13.0. The van der Waals surface area contributed by atoms with E-state index in [1.54, 1.807) is 18.1 Å². The molecule has 1 aromatic heterocycles. The second kappa shape index (κ2) is 5.90. The van der Waals surface area contributed by atoms with Gasteiger partial charge < -0.3 is 5.73 Å². The van der Waals surface area contributed by atoms with Gasteiger partial charge in [0.2, 0.25) is 0 Å². The molecule has 102 valence electrons. The van der Waals surface area contributed by atoms with Gasteiger partial charge in [-0.1, -0.05) is 18.2 Å². The molecule has 3 rings (SSSR count). The standard InChI is InChI=1S/C14H20N4S/c15-14-18-13(4-5-19-14)11-3-1-2-10(6-11)12-7-16-9-17-8-12/h7-11,13H,1-6H2,(H2,15,18)/t10?,11?,13-/m0/s1. The minimum atomic E-state index is 0.439. The lowest BCUT2D eigenvalue weighted by Crippen LogP contribution is -2.30. The van der Waals surface area contributed by atoms with Gasteiger partial charge in [0.15, 0.2) is 5.17 Å². The number of aromatic nitrogens is 2. The number of aliphatic imine (C=N–C) groups is 1. The normalized spacial score (nSPS) is 31.8. The Bertz CT molecular complexity index is 448. The summed E-state index contributed by atoms with van der Waals surface area (Å²) in [5.41, 5.74) is 7.16. The molecule has 1 fully saturated rings. The van der Waals surface area contributed by atoms with Crippen LogP contribution in [0, 0.1) is 5.92 Å². The van der Waals surface area contributed by atoms with Crippen LogP contribution in [0.4, 0.5) is 0 Å². The van der Waals surface area contributed by atoms with E-state index in [9.17, 15) is 0 Å². The fraction of sp³-hybridized carbons (Fsp3) is 0.643. The van der Waals surface area contributed by atoms with E-state index in [0.29, 0.717) is 17.9 Å². The lowest BCUT2D eigenvalue weighted by atomic mass is 9.75. The molecule has 0 amide bonds. The van der Waals surface area contributed by atoms with E-state index in [0.717, 1.165) is 10.9 Å². The van der Waals surface area contributed by atoms with Crippen molar-refractivity contribution in [1.29, 1.82) is 0 Å². The van der Waals surface area contributed by atoms with E-state index in [4.69, 9.17) is 5.73 Å². The number of nitrogens with zero attached hydrogens (tertiary/aromatic N) is 3. The number of nitrogens with two attached hydrogens (primary N) is 1. The van der Waals surface area contributed by atoms with Crippen LogP contribution >= 0.6 is 11.8 Å². The Balaban J connectivity index is 1.70. The molecule has 2 N–H and O–H groups in total. The third-order valence-corrected chi connectivity index (χ3v) is 5.11. The highest BCUT2D eigenvalue weighted by atomic mass is 32.2. The van der Waals surface area contributed by atoms with Crippen LogP contribution in [0.5, 0.6) is 0 Å². The molecule has 1 saturated carbocycles. The number of amidine groups is 1. The smallest absolute Gasteiger partial charge is 0.154 e. The Morgan fingerprint density at radius 3 is 2.79 bits per heavy atom. The van der Waals surface area contributed by atoms with Gasteiger partial charge in [0, 0.05) is 18.1 Å². The summed E-state index contributed by atoms with van der Waals surface area (Å²) in [6.07, 6.45) is 11.7. The first kappa shape index (κ1) is 12.9. The zero-order chi connectivity index (χ0) is 13.1. The molecule has 2 heterocycles. The van der Waals surface area contributed by atoms with E-state index >= 15 is 0 Å². The summed E-state index contributed by atoms with van der Waals surface area (Å²) in [5, 5.41) is 0.779. The Kier molecular flexibility index (Phi) is 4.01. The first-order chi connectivity index (χ1) is 9.33. The molecule has 0 spiro atoms. The third kappa shape index (κ3) is 3.08. The quantitative estimate of drug-likeness (QED) is 0.901. The van der Waals surface area contributed by atoms with Crippen LogP contribution in [0.25, 0.3) is 0 Å². The van der Waals surface area contributed by atoms with Gasteiger partial charge in [-0.15, -0.1) is 0 Å². The van der Waals surface area contributed by atoms with Crippen LogP contribution in [0.1, 0.15) is 43.6 Å². The number of thioether (sulfide) groups is 1. The van der Waals surface area contributed by atoms with Crippen LogP contribution in [-0.2, 0) is 0 Å². The van der Waals surface area contributed by atoms with Gasteiger partial charge in [-0.2, -0.15) is 0 Å². The average Bonchev–Trinajstić information content (AvgIpc) is 2.48. The van der Waals surface area contributed by atoms with Gasteiger partial charge in [0.25, 0.3) is 0 Å². The highest BCUT2D eigenvalue weighted by molar-refractivity contribution is 8.13. The van der Waals surface area contributed by atoms with Gasteiger partial charge in [-0.05, 0) is 43.1 Å². The Hall–Kier alpha value is -1.10. The molecule has 0 bridgehead atoms. The molecule has 2 aliphatic rings. The van der Waals surface area contributed by atoms with Crippen molar-refractivity contribution in [3.8, 4) is 0 Å². The molecule has 0 radical (unpaired) electrons. The zero-order valence-corrected chi connectivity index (χ0v) is 11.9. The van der Waals surface area contributed by atoms with Gasteiger partial charge in [0.1, 0.15) is 6.33 Å². The van der Waals surface area contributed by atoms with Crippen molar-refractivity contribution < 1.29 is 0 Å². The van der Waals surface area contributed by atoms with Gasteiger partial charge in [-0.25, -0.2) is 9.97 Å². The summed E-state index contributed by atoms with van der Waals surface area (Å²) < 4.78 is 0. The zero-order valence-electron chi connectivity index (χ0n) is 11.0. The Labute approximate surface area is 118 Å². The maximum absolute atomic E-state index is 5.87. The second-order valence-corrected chi connectivity index (χ2v) is 6.58. The van der Waals surface area contributed by atoms with Crippen LogP contribution in [-0.4, -0.2) is 26.9 Å². The fourth-order valence-corrected chi connectivity index (χ4v) is 4.07. The van der Waals surface area contributed by atoms with Crippen molar-refractivity contribution in [2.45, 2.75) is 44.1 Å². The SMILES string of the molecule is NC1=N[C@H](C2CCCC(c3cncnc3)C2)CCS1. The summed E-state index contributed by atoms with van der Waals surface area (Å²) in [6, 6.07) is 0.439. The number of rotatable bonds is 2. The molecule has 3 atom stereocenters. The molecule has 1 aliphatic heterocycles. The van der Waals surface area contributed by atoms with Crippen molar-refractivity contribution in [3.63, 3.8) is 0 Å².